The third kappa shape index (κ3) is 2.97. The Balaban J connectivity index is 1.92. The second-order valence-corrected chi connectivity index (χ2v) is 7.84. The number of aliphatic hydroxyl groups excluding tert-OH is 1. The molecule has 2 aromatic rings. The highest BCUT2D eigenvalue weighted by Gasteiger charge is 2.20. The molecule has 0 unspecified atom stereocenters. The first kappa shape index (κ1) is 14.6. The van der Waals surface area contributed by atoms with Gasteiger partial charge in [0.15, 0.2) is 0 Å². The largest absolute Gasteiger partial charge is 0.391 e. The number of anilines is 1. The fourth-order valence-corrected chi connectivity index (χ4v) is 4.89. The quantitative estimate of drug-likeness (QED) is 0.909. The highest BCUT2D eigenvalue weighted by molar-refractivity contribution is 7.92. The van der Waals surface area contributed by atoms with E-state index in [0.29, 0.717) is 10.6 Å². The van der Waals surface area contributed by atoms with Crippen molar-refractivity contribution in [3.05, 3.63) is 45.6 Å². The van der Waals surface area contributed by atoms with Crippen LogP contribution >= 0.6 is 11.3 Å². The highest BCUT2D eigenvalue weighted by Crippen LogP contribution is 2.30. The lowest BCUT2D eigenvalue weighted by molar-refractivity contribution is 0.285. The molecule has 112 valence electrons. The minimum Gasteiger partial charge on any atom is -0.391 e. The maximum absolute atomic E-state index is 12.4. The van der Waals surface area contributed by atoms with E-state index >= 15 is 0 Å². The van der Waals surface area contributed by atoms with Gasteiger partial charge in [-0.25, -0.2) is 8.42 Å². The van der Waals surface area contributed by atoms with Gasteiger partial charge in [0.1, 0.15) is 0 Å². The molecule has 3 rings (SSSR count). The summed E-state index contributed by atoms with van der Waals surface area (Å²) in [7, 11) is -3.59. The van der Waals surface area contributed by atoms with Crippen molar-refractivity contribution in [2.75, 3.05) is 4.72 Å². The van der Waals surface area contributed by atoms with E-state index in [0.717, 1.165) is 31.2 Å². The predicted octanol–water partition coefficient (Wildman–Crippen LogP) is 2.92. The van der Waals surface area contributed by atoms with E-state index in [9.17, 15) is 8.42 Å². The summed E-state index contributed by atoms with van der Waals surface area (Å²) in [5.74, 6) is 0. The van der Waals surface area contributed by atoms with Crippen molar-refractivity contribution in [2.24, 2.45) is 0 Å². The lowest BCUT2D eigenvalue weighted by Crippen LogP contribution is -2.15. The zero-order valence-electron chi connectivity index (χ0n) is 11.5. The molecule has 0 saturated heterocycles. The Morgan fingerprint density at radius 1 is 1.24 bits per heavy atom. The molecule has 21 heavy (non-hydrogen) atoms. The summed E-state index contributed by atoms with van der Waals surface area (Å²) in [6.07, 6.45) is 4.18. The molecule has 1 aliphatic carbocycles. The number of hydrogen-bond donors (Lipinski definition) is 2. The first-order valence-corrected chi connectivity index (χ1v) is 9.28. The van der Waals surface area contributed by atoms with E-state index in [2.05, 4.69) is 10.8 Å². The smallest absolute Gasteiger partial charge is 0.262 e. The van der Waals surface area contributed by atoms with Gasteiger partial charge in [0.2, 0.25) is 0 Å². The minimum absolute atomic E-state index is 0.138. The number of fused-ring (bicyclic) bond motifs is 1. The maximum Gasteiger partial charge on any atom is 0.262 e. The summed E-state index contributed by atoms with van der Waals surface area (Å²) >= 11 is 1.25. The van der Waals surface area contributed by atoms with Gasteiger partial charge < -0.3 is 5.11 Å². The van der Waals surface area contributed by atoms with E-state index in [1.54, 1.807) is 5.38 Å². The number of benzene rings is 1. The van der Waals surface area contributed by atoms with Crippen molar-refractivity contribution in [1.29, 1.82) is 0 Å². The first-order valence-electron chi connectivity index (χ1n) is 6.92. The number of sulfonamides is 1. The molecule has 2 N–H and O–H groups in total. The van der Waals surface area contributed by atoms with Crippen LogP contribution in [0.4, 0.5) is 5.69 Å². The lowest BCUT2D eigenvalue weighted by atomic mass is 9.91. The number of hydrogen-bond acceptors (Lipinski definition) is 4. The topological polar surface area (TPSA) is 66.4 Å². The molecular formula is C15H17NO3S2. The number of aryl methyl sites for hydroxylation is 1. The van der Waals surface area contributed by atoms with Crippen LogP contribution in [0.25, 0.3) is 0 Å². The van der Waals surface area contributed by atoms with Gasteiger partial charge in [0.25, 0.3) is 10.0 Å². The van der Waals surface area contributed by atoms with Gasteiger partial charge in [-0.15, -0.1) is 11.3 Å². The maximum atomic E-state index is 12.4. The Bertz CT molecular complexity index is 750. The van der Waals surface area contributed by atoms with Gasteiger partial charge in [-0.3, -0.25) is 4.72 Å². The second-order valence-electron chi connectivity index (χ2n) is 5.16. The summed E-state index contributed by atoms with van der Waals surface area (Å²) < 4.78 is 27.6. The van der Waals surface area contributed by atoms with Crippen LogP contribution in [0.3, 0.4) is 0 Å². The number of rotatable bonds is 4. The molecule has 4 nitrogen and oxygen atoms in total. The molecule has 0 radical (unpaired) electrons. The second kappa shape index (κ2) is 5.79. The van der Waals surface area contributed by atoms with Crippen LogP contribution in [0.2, 0.25) is 0 Å². The SMILES string of the molecule is O=S(=O)(Nc1cccc2c1CCCC2)c1csc(CO)c1. The summed E-state index contributed by atoms with van der Waals surface area (Å²) in [6, 6.07) is 7.30. The summed E-state index contributed by atoms with van der Waals surface area (Å²) in [5, 5.41) is 10.6. The number of nitrogens with one attached hydrogen (secondary N) is 1. The van der Waals surface area contributed by atoms with Gasteiger partial charge in [-0.2, -0.15) is 0 Å². The fourth-order valence-electron chi connectivity index (χ4n) is 2.66. The van der Waals surface area contributed by atoms with Crippen molar-refractivity contribution < 1.29 is 13.5 Å². The van der Waals surface area contributed by atoms with E-state index in [-0.39, 0.29) is 11.5 Å². The Morgan fingerprint density at radius 2 is 2.05 bits per heavy atom. The zero-order valence-corrected chi connectivity index (χ0v) is 13.1. The van der Waals surface area contributed by atoms with Crippen molar-refractivity contribution in [1.82, 2.24) is 0 Å². The number of thiophene rings is 1. The van der Waals surface area contributed by atoms with E-state index in [1.807, 2.05) is 12.1 Å². The molecule has 6 heteroatoms. The fraction of sp³-hybridized carbons (Fsp3) is 0.333. The van der Waals surface area contributed by atoms with Crippen LogP contribution in [0.5, 0.6) is 0 Å². The normalized spacial score (nSPS) is 14.7. The average molecular weight is 323 g/mol. The summed E-state index contributed by atoms with van der Waals surface area (Å²) in [6.45, 7) is -0.138. The molecule has 1 heterocycles. The van der Waals surface area contributed by atoms with E-state index < -0.39 is 10.0 Å². The van der Waals surface area contributed by atoms with Crippen molar-refractivity contribution in [3.63, 3.8) is 0 Å². The monoisotopic (exact) mass is 323 g/mol. The van der Waals surface area contributed by atoms with Gasteiger partial charge >= 0.3 is 0 Å². The Hall–Kier alpha value is -1.37. The van der Waals surface area contributed by atoms with Crippen molar-refractivity contribution in [2.45, 2.75) is 37.2 Å². The molecule has 1 aromatic heterocycles. The van der Waals surface area contributed by atoms with Crippen LogP contribution in [-0.2, 0) is 29.5 Å². The number of aliphatic hydroxyl groups is 1. The predicted molar refractivity (Wildman–Crippen MR) is 84.1 cm³/mol. The molecule has 1 aliphatic rings. The lowest BCUT2D eigenvalue weighted by Gasteiger charge is -2.19. The molecule has 0 saturated carbocycles. The Kier molecular flexibility index (Phi) is 4.01. The standard InChI is InChI=1S/C15H17NO3S2/c17-9-12-8-13(10-20-12)21(18,19)16-15-7-3-5-11-4-1-2-6-14(11)15/h3,5,7-8,10,16-17H,1-2,4,6,9H2. The van der Waals surface area contributed by atoms with Gasteiger partial charge in [-0.05, 0) is 48.9 Å². The van der Waals surface area contributed by atoms with Crippen LogP contribution in [-0.4, -0.2) is 13.5 Å². The molecule has 0 spiro atoms. The Morgan fingerprint density at radius 3 is 2.81 bits per heavy atom. The van der Waals surface area contributed by atoms with Gasteiger partial charge in [0, 0.05) is 10.3 Å². The summed E-state index contributed by atoms with van der Waals surface area (Å²) in [5.41, 5.74) is 3.04. The van der Waals surface area contributed by atoms with Crippen LogP contribution in [0.15, 0.2) is 34.5 Å². The molecule has 1 aromatic carbocycles. The molecule has 0 fully saturated rings. The van der Waals surface area contributed by atoms with Crippen LogP contribution in [0.1, 0.15) is 28.8 Å². The third-order valence-corrected chi connectivity index (χ3v) is 6.15. The van der Waals surface area contributed by atoms with Crippen LogP contribution in [0, 0.1) is 0 Å². The first-order chi connectivity index (χ1) is 10.1. The molecule has 0 bridgehead atoms. The van der Waals surface area contributed by atoms with Crippen molar-refractivity contribution >= 4 is 27.0 Å². The molecule has 0 amide bonds. The van der Waals surface area contributed by atoms with E-state index in [4.69, 9.17) is 5.11 Å². The molecule has 0 aliphatic heterocycles. The molecular weight excluding hydrogens is 306 g/mol. The van der Waals surface area contributed by atoms with Crippen molar-refractivity contribution in [3.8, 4) is 0 Å². The average Bonchev–Trinajstić information content (AvgIpc) is 2.97. The zero-order chi connectivity index (χ0) is 14.9. The molecule has 0 atom stereocenters. The van der Waals surface area contributed by atoms with Gasteiger partial charge in [0.05, 0.1) is 17.2 Å². The third-order valence-electron chi connectivity index (χ3n) is 3.74. The highest BCUT2D eigenvalue weighted by atomic mass is 32.2. The van der Waals surface area contributed by atoms with Gasteiger partial charge in [-0.1, -0.05) is 12.1 Å². The Labute approximate surface area is 128 Å². The van der Waals surface area contributed by atoms with Crippen LogP contribution < -0.4 is 4.72 Å². The van der Waals surface area contributed by atoms with E-state index in [1.165, 1.54) is 23.0 Å². The summed E-state index contributed by atoms with van der Waals surface area (Å²) in [4.78, 5) is 0.857. The minimum atomic E-state index is -3.59.